The smallest absolute Gasteiger partial charge is 0.230 e. The molecular formula is C22H18N2O2S2. The molecule has 0 aliphatic rings. The third-order valence-electron chi connectivity index (χ3n) is 4.01. The molecule has 1 N–H and O–H groups in total. The second-order valence-electron chi connectivity index (χ2n) is 6.14. The number of anilines is 1. The Morgan fingerprint density at radius 1 is 0.964 bits per heavy atom. The molecule has 2 aromatic carbocycles. The van der Waals surface area contributed by atoms with Crippen LogP contribution in [-0.2, 0) is 17.8 Å². The summed E-state index contributed by atoms with van der Waals surface area (Å²) in [5.74, 6) is 0.683. The number of thiophene rings is 1. The van der Waals surface area contributed by atoms with Crippen molar-refractivity contribution in [2.45, 2.75) is 13.0 Å². The van der Waals surface area contributed by atoms with E-state index in [2.05, 4.69) is 10.3 Å². The molecular weight excluding hydrogens is 388 g/mol. The number of benzene rings is 2. The summed E-state index contributed by atoms with van der Waals surface area (Å²) >= 11 is 3.21. The molecule has 0 unspecified atom stereocenters. The summed E-state index contributed by atoms with van der Waals surface area (Å²) in [6.07, 6.45) is 0.258. The molecule has 0 aliphatic carbocycles. The second-order valence-corrected chi connectivity index (χ2v) is 7.95. The summed E-state index contributed by atoms with van der Waals surface area (Å²) in [5.41, 5.74) is 2.64. The number of hydrogen-bond donors (Lipinski definition) is 1. The normalized spacial score (nSPS) is 10.6. The number of carbonyl (C=O) groups excluding carboxylic acids is 1. The highest BCUT2D eigenvalue weighted by Crippen LogP contribution is 2.28. The van der Waals surface area contributed by atoms with Gasteiger partial charge in [0.1, 0.15) is 17.4 Å². The minimum atomic E-state index is -0.0824. The molecule has 4 rings (SSSR count). The summed E-state index contributed by atoms with van der Waals surface area (Å²) in [4.78, 5) is 18.0. The van der Waals surface area contributed by atoms with Gasteiger partial charge in [-0.15, -0.1) is 22.7 Å². The Bertz CT molecular complexity index is 1030. The first-order valence-corrected chi connectivity index (χ1v) is 10.6. The van der Waals surface area contributed by atoms with Gasteiger partial charge in [0, 0.05) is 11.1 Å². The number of carbonyl (C=O) groups is 1. The van der Waals surface area contributed by atoms with E-state index >= 15 is 0 Å². The summed E-state index contributed by atoms with van der Waals surface area (Å²) < 4.78 is 5.77. The maximum absolute atomic E-state index is 12.3. The van der Waals surface area contributed by atoms with Gasteiger partial charge in [-0.05, 0) is 41.3 Å². The lowest BCUT2D eigenvalue weighted by Gasteiger charge is -2.08. The molecule has 0 atom stereocenters. The van der Waals surface area contributed by atoms with E-state index in [4.69, 9.17) is 4.74 Å². The van der Waals surface area contributed by atoms with E-state index < -0.39 is 0 Å². The van der Waals surface area contributed by atoms with Crippen molar-refractivity contribution in [3.63, 3.8) is 0 Å². The van der Waals surface area contributed by atoms with Crippen LogP contribution >= 0.6 is 22.7 Å². The fraction of sp³-hybridized carbons (Fsp3) is 0.0909. The maximum atomic E-state index is 12.3. The molecule has 0 saturated carbocycles. The van der Waals surface area contributed by atoms with Gasteiger partial charge in [0.15, 0.2) is 0 Å². The average Bonchev–Trinajstić information content (AvgIpc) is 3.40. The van der Waals surface area contributed by atoms with Gasteiger partial charge in [-0.25, -0.2) is 4.98 Å². The number of amides is 1. The fourth-order valence-electron chi connectivity index (χ4n) is 2.65. The fourth-order valence-corrected chi connectivity index (χ4v) is 4.28. The lowest BCUT2D eigenvalue weighted by Crippen LogP contribution is -2.14. The van der Waals surface area contributed by atoms with Crippen LogP contribution in [0.15, 0.2) is 77.5 Å². The predicted octanol–water partition coefficient (Wildman–Crippen LogP) is 5.63. The predicted molar refractivity (Wildman–Crippen MR) is 115 cm³/mol. The van der Waals surface area contributed by atoms with Gasteiger partial charge in [-0.2, -0.15) is 0 Å². The van der Waals surface area contributed by atoms with E-state index in [1.807, 2.05) is 77.5 Å². The largest absolute Gasteiger partial charge is 0.489 e. The quantitative estimate of drug-likeness (QED) is 0.433. The first-order valence-electron chi connectivity index (χ1n) is 8.81. The Morgan fingerprint density at radius 3 is 2.54 bits per heavy atom. The van der Waals surface area contributed by atoms with Crippen LogP contribution in [0.5, 0.6) is 5.75 Å². The van der Waals surface area contributed by atoms with Crippen molar-refractivity contribution in [2.24, 2.45) is 0 Å². The highest BCUT2D eigenvalue weighted by molar-refractivity contribution is 7.20. The molecule has 2 heterocycles. The van der Waals surface area contributed by atoms with Crippen molar-refractivity contribution in [2.75, 3.05) is 5.32 Å². The Balaban J connectivity index is 1.29. The van der Waals surface area contributed by atoms with Crippen molar-refractivity contribution in [3.8, 4) is 15.6 Å². The van der Waals surface area contributed by atoms with Crippen molar-refractivity contribution in [1.82, 2.24) is 4.98 Å². The molecule has 0 radical (unpaired) electrons. The molecule has 140 valence electrons. The topological polar surface area (TPSA) is 51.2 Å². The Hall–Kier alpha value is -2.96. The number of thiazole rings is 1. The number of nitrogens with one attached hydrogen (secondary N) is 1. The molecule has 1 amide bonds. The molecule has 2 aromatic heterocycles. The third-order valence-corrected chi connectivity index (χ3v) is 5.94. The van der Waals surface area contributed by atoms with Crippen molar-refractivity contribution in [1.29, 1.82) is 0 Å². The lowest BCUT2D eigenvalue weighted by molar-refractivity contribution is -0.115. The van der Waals surface area contributed by atoms with Gasteiger partial charge in [0.2, 0.25) is 5.91 Å². The van der Waals surface area contributed by atoms with Crippen LogP contribution in [0.2, 0.25) is 0 Å². The molecule has 28 heavy (non-hydrogen) atoms. The number of nitrogens with zero attached hydrogens (tertiary/aromatic N) is 1. The zero-order valence-electron chi connectivity index (χ0n) is 15.0. The van der Waals surface area contributed by atoms with Crippen LogP contribution in [0, 0.1) is 0 Å². The van der Waals surface area contributed by atoms with E-state index in [0.717, 1.165) is 32.6 Å². The SMILES string of the molecule is O=C(Cc1csc(-c2cccs2)n1)Nc1ccc(OCc2ccccc2)cc1. The van der Waals surface area contributed by atoms with E-state index in [0.29, 0.717) is 6.61 Å². The van der Waals surface area contributed by atoms with Crippen LogP contribution in [-0.4, -0.2) is 10.9 Å². The third kappa shape index (κ3) is 4.85. The molecule has 4 aromatic rings. The standard InChI is InChI=1S/C22H18N2O2S2/c25-21(13-18-15-28-22(24-18)20-7-4-12-27-20)23-17-8-10-19(11-9-17)26-14-16-5-2-1-3-6-16/h1-12,15H,13-14H2,(H,23,25). The van der Waals surface area contributed by atoms with Crippen LogP contribution in [0.1, 0.15) is 11.3 Å². The van der Waals surface area contributed by atoms with E-state index in [9.17, 15) is 4.79 Å². The van der Waals surface area contributed by atoms with Crippen LogP contribution < -0.4 is 10.1 Å². The Labute approximate surface area is 171 Å². The van der Waals surface area contributed by atoms with E-state index in [-0.39, 0.29) is 12.3 Å². The molecule has 4 nitrogen and oxygen atoms in total. The first kappa shape index (κ1) is 18.4. The summed E-state index contributed by atoms with van der Waals surface area (Å²) in [6, 6.07) is 21.4. The molecule has 6 heteroatoms. The zero-order valence-corrected chi connectivity index (χ0v) is 16.6. The average molecular weight is 407 g/mol. The van der Waals surface area contributed by atoms with E-state index in [1.165, 1.54) is 0 Å². The highest BCUT2D eigenvalue weighted by atomic mass is 32.1. The molecule has 0 bridgehead atoms. The Morgan fingerprint density at radius 2 is 1.79 bits per heavy atom. The van der Waals surface area contributed by atoms with Crippen LogP contribution in [0.3, 0.4) is 0 Å². The number of ether oxygens (including phenoxy) is 1. The molecule has 0 saturated heterocycles. The van der Waals surface area contributed by atoms with Gasteiger partial charge >= 0.3 is 0 Å². The zero-order chi connectivity index (χ0) is 19.2. The highest BCUT2D eigenvalue weighted by Gasteiger charge is 2.10. The minimum absolute atomic E-state index is 0.0824. The lowest BCUT2D eigenvalue weighted by atomic mass is 10.2. The molecule has 0 fully saturated rings. The Kier molecular flexibility index (Phi) is 5.80. The van der Waals surface area contributed by atoms with E-state index in [1.54, 1.807) is 22.7 Å². The second kappa shape index (κ2) is 8.82. The van der Waals surface area contributed by atoms with Gasteiger partial charge in [-0.1, -0.05) is 36.4 Å². The van der Waals surface area contributed by atoms with Gasteiger partial charge in [0.05, 0.1) is 17.0 Å². The maximum Gasteiger partial charge on any atom is 0.230 e. The number of aromatic nitrogens is 1. The number of hydrogen-bond acceptors (Lipinski definition) is 5. The molecule has 0 aliphatic heterocycles. The van der Waals surface area contributed by atoms with Gasteiger partial charge in [-0.3, -0.25) is 4.79 Å². The van der Waals surface area contributed by atoms with Gasteiger partial charge in [0.25, 0.3) is 0 Å². The number of rotatable bonds is 7. The summed E-state index contributed by atoms with van der Waals surface area (Å²) in [7, 11) is 0. The monoisotopic (exact) mass is 406 g/mol. The molecule has 0 spiro atoms. The van der Waals surface area contributed by atoms with Crippen molar-refractivity contribution in [3.05, 3.63) is 88.7 Å². The minimum Gasteiger partial charge on any atom is -0.489 e. The van der Waals surface area contributed by atoms with Crippen molar-refractivity contribution < 1.29 is 9.53 Å². The van der Waals surface area contributed by atoms with Gasteiger partial charge < -0.3 is 10.1 Å². The first-order chi connectivity index (χ1) is 13.8. The summed E-state index contributed by atoms with van der Waals surface area (Å²) in [6.45, 7) is 0.517. The van der Waals surface area contributed by atoms with Crippen molar-refractivity contribution >= 4 is 34.3 Å². The summed E-state index contributed by atoms with van der Waals surface area (Å²) in [5, 5.41) is 7.83. The van der Waals surface area contributed by atoms with Crippen LogP contribution in [0.4, 0.5) is 5.69 Å². The van der Waals surface area contributed by atoms with Crippen LogP contribution in [0.25, 0.3) is 9.88 Å².